The van der Waals surface area contributed by atoms with Crippen molar-refractivity contribution in [3.05, 3.63) is 28.8 Å². The molecule has 0 saturated carbocycles. The minimum absolute atomic E-state index is 0.0170. The summed E-state index contributed by atoms with van der Waals surface area (Å²) in [6.07, 6.45) is 0.926. The van der Waals surface area contributed by atoms with Crippen LogP contribution in [0.3, 0.4) is 0 Å². The normalized spacial score (nSPS) is 13.6. The van der Waals surface area contributed by atoms with Gasteiger partial charge in [-0.15, -0.1) is 0 Å². The van der Waals surface area contributed by atoms with Crippen LogP contribution in [0.2, 0.25) is 5.02 Å². The third-order valence-corrected chi connectivity index (χ3v) is 2.73. The highest BCUT2D eigenvalue weighted by Crippen LogP contribution is 2.31. The van der Waals surface area contributed by atoms with Gasteiger partial charge in [0.15, 0.2) is 0 Å². The maximum absolute atomic E-state index is 6.14. The van der Waals surface area contributed by atoms with Crippen molar-refractivity contribution in [1.29, 1.82) is 0 Å². The summed E-state index contributed by atoms with van der Waals surface area (Å²) >= 11 is 6.06. The van der Waals surface area contributed by atoms with Crippen molar-refractivity contribution in [2.45, 2.75) is 33.2 Å². The molecule has 2 N–H and O–H groups in total. The Morgan fingerprint density at radius 2 is 2.00 bits per heavy atom. The zero-order valence-corrected chi connectivity index (χ0v) is 11.1. The first-order chi connectivity index (χ1) is 7.33. The van der Waals surface area contributed by atoms with E-state index in [4.69, 9.17) is 22.1 Å². The van der Waals surface area contributed by atoms with E-state index in [-0.39, 0.29) is 11.5 Å². The number of benzene rings is 1. The minimum Gasteiger partial charge on any atom is -0.495 e. The highest BCUT2D eigenvalue weighted by Gasteiger charge is 2.17. The first-order valence-corrected chi connectivity index (χ1v) is 5.80. The lowest BCUT2D eigenvalue weighted by atomic mass is 9.86. The van der Waals surface area contributed by atoms with E-state index in [9.17, 15) is 0 Å². The largest absolute Gasteiger partial charge is 0.495 e. The Labute approximate surface area is 103 Å². The molecule has 0 radical (unpaired) electrons. The van der Waals surface area contributed by atoms with Crippen molar-refractivity contribution < 1.29 is 4.74 Å². The van der Waals surface area contributed by atoms with E-state index in [0.29, 0.717) is 10.8 Å². The molecule has 0 aliphatic heterocycles. The van der Waals surface area contributed by atoms with E-state index in [1.807, 2.05) is 18.2 Å². The minimum atomic E-state index is 0.0170. The highest BCUT2D eigenvalue weighted by atomic mass is 35.5. The summed E-state index contributed by atoms with van der Waals surface area (Å²) in [5, 5.41) is 0.615. The van der Waals surface area contributed by atoms with E-state index in [1.165, 1.54) is 0 Å². The molecular formula is C13H20ClNO. The standard InChI is InChI=1S/C13H20ClNO/c1-13(2,3)8-11(15)9-5-6-12(16-4)10(14)7-9/h5-7,11H,8,15H2,1-4H3. The number of halogens is 1. The van der Waals surface area contributed by atoms with Crippen molar-refractivity contribution in [2.24, 2.45) is 11.1 Å². The Balaban J connectivity index is 2.85. The molecule has 90 valence electrons. The van der Waals surface area contributed by atoms with Crippen LogP contribution in [0.15, 0.2) is 18.2 Å². The van der Waals surface area contributed by atoms with E-state index in [1.54, 1.807) is 7.11 Å². The van der Waals surface area contributed by atoms with Gasteiger partial charge < -0.3 is 10.5 Å². The number of ether oxygens (including phenoxy) is 1. The monoisotopic (exact) mass is 241 g/mol. The molecular weight excluding hydrogens is 222 g/mol. The van der Waals surface area contributed by atoms with Crippen molar-refractivity contribution in [1.82, 2.24) is 0 Å². The fraction of sp³-hybridized carbons (Fsp3) is 0.538. The zero-order valence-electron chi connectivity index (χ0n) is 10.4. The van der Waals surface area contributed by atoms with Gasteiger partial charge in [-0.3, -0.25) is 0 Å². The molecule has 0 bridgehead atoms. The SMILES string of the molecule is COc1ccc(C(N)CC(C)(C)C)cc1Cl. The molecule has 0 aliphatic rings. The average molecular weight is 242 g/mol. The Bertz CT molecular complexity index is 357. The summed E-state index contributed by atoms with van der Waals surface area (Å²) in [5.41, 5.74) is 7.41. The Morgan fingerprint density at radius 3 is 2.44 bits per heavy atom. The maximum atomic E-state index is 6.14. The maximum Gasteiger partial charge on any atom is 0.137 e. The summed E-state index contributed by atoms with van der Waals surface area (Å²) in [6, 6.07) is 5.74. The molecule has 0 spiro atoms. The summed E-state index contributed by atoms with van der Waals surface area (Å²) < 4.78 is 5.11. The number of methoxy groups -OCH3 is 1. The summed E-state index contributed by atoms with van der Waals surface area (Å²) in [6.45, 7) is 6.54. The van der Waals surface area contributed by atoms with Crippen LogP contribution >= 0.6 is 11.6 Å². The van der Waals surface area contributed by atoms with Gasteiger partial charge in [0.25, 0.3) is 0 Å². The molecule has 0 heterocycles. The van der Waals surface area contributed by atoms with Crippen LogP contribution in [0, 0.1) is 5.41 Å². The molecule has 0 aromatic heterocycles. The number of nitrogens with two attached hydrogens (primary N) is 1. The lowest BCUT2D eigenvalue weighted by Crippen LogP contribution is -2.18. The molecule has 1 atom stereocenters. The van der Waals surface area contributed by atoms with E-state index in [2.05, 4.69) is 20.8 Å². The van der Waals surface area contributed by atoms with Gasteiger partial charge >= 0.3 is 0 Å². The number of hydrogen-bond acceptors (Lipinski definition) is 2. The topological polar surface area (TPSA) is 35.2 Å². The van der Waals surface area contributed by atoms with Crippen LogP contribution in [0.25, 0.3) is 0 Å². The van der Waals surface area contributed by atoms with Crippen LogP contribution in [0.1, 0.15) is 38.8 Å². The fourth-order valence-electron chi connectivity index (χ4n) is 1.69. The third-order valence-electron chi connectivity index (χ3n) is 2.44. The summed E-state index contributed by atoms with van der Waals surface area (Å²) in [7, 11) is 1.61. The van der Waals surface area contributed by atoms with Gasteiger partial charge in [0.2, 0.25) is 0 Å². The smallest absolute Gasteiger partial charge is 0.137 e. The van der Waals surface area contributed by atoms with Gasteiger partial charge in [0.1, 0.15) is 5.75 Å². The molecule has 0 aliphatic carbocycles. The molecule has 0 fully saturated rings. The second-order valence-electron chi connectivity index (χ2n) is 5.27. The van der Waals surface area contributed by atoms with Crippen LogP contribution in [-0.4, -0.2) is 7.11 Å². The Morgan fingerprint density at radius 1 is 1.38 bits per heavy atom. The predicted molar refractivity (Wildman–Crippen MR) is 69.0 cm³/mol. The molecule has 1 unspecified atom stereocenters. The lowest BCUT2D eigenvalue weighted by Gasteiger charge is -2.23. The first-order valence-electron chi connectivity index (χ1n) is 5.42. The molecule has 1 rings (SSSR count). The second-order valence-corrected chi connectivity index (χ2v) is 5.67. The van der Waals surface area contributed by atoms with Gasteiger partial charge in [-0.05, 0) is 29.5 Å². The van der Waals surface area contributed by atoms with E-state index >= 15 is 0 Å². The first kappa shape index (κ1) is 13.3. The molecule has 1 aromatic rings. The van der Waals surface area contributed by atoms with Gasteiger partial charge in [0, 0.05) is 6.04 Å². The van der Waals surface area contributed by atoms with Crippen LogP contribution in [-0.2, 0) is 0 Å². The number of rotatable bonds is 3. The van der Waals surface area contributed by atoms with Crippen LogP contribution < -0.4 is 10.5 Å². The molecule has 2 nitrogen and oxygen atoms in total. The van der Waals surface area contributed by atoms with Gasteiger partial charge in [-0.1, -0.05) is 38.4 Å². The molecule has 0 amide bonds. The molecule has 16 heavy (non-hydrogen) atoms. The van der Waals surface area contributed by atoms with E-state index < -0.39 is 0 Å². The predicted octanol–water partition coefficient (Wildman–Crippen LogP) is 3.78. The second kappa shape index (κ2) is 5.07. The summed E-state index contributed by atoms with van der Waals surface area (Å²) in [5.74, 6) is 0.688. The van der Waals surface area contributed by atoms with E-state index in [0.717, 1.165) is 12.0 Å². The van der Waals surface area contributed by atoms with Gasteiger partial charge in [-0.25, -0.2) is 0 Å². The molecule has 1 aromatic carbocycles. The van der Waals surface area contributed by atoms with Crippen molar-refractivity contribution in [3.8, 4) is 5.75 Å². The van der Waals surface area contributed by atoms with Crippen LogP contribution in [0.4, 0.5) is 0 Å². The number of hydrogen-bond donors (Lipinski definition) is 1. The highest BCUT2D eigenvalue weighted by molar-refractivity contribution is 6.32. The van der Waals surface area contributed by atoms with Gasteiger partial charge in [0.05, 0.1) is 12.1 Å². The Kier molecular flexibility index (Phi) is 4.22. The zero-order chi connectivity index (χ0) is 12.3. The summed E-state index contributed by atoms with van der Waals surface area (Å²) in [4.78, 5) is 0. The quantitative estimate of drug-likeness (QED) is 0.874. The Hall–Kier alpha value is -0.730. The van der Waals surface area contributed by atoms with Crippen LogP contribution in [0.5, 0.6) is 5.75 Å². The van der Waals surface area contributed by atoms with Crippen molar-refractivity contribution >= 4 is 11.6 Å². The fourth-order valence-corrected chi connectivity index (χ4v) is 1.96. The average Bonchev–Trinajstić information content (AvgIpc) is 2.15. The third kappa shape index (κ3) is 3.69. The van der Waals surface area contributed by atoms with Crippen molar-refractivity contribution in [2.75, 3.05) is 7.11 Å². The van der Waals surface area contributed by atoms with Gasteiger partial charge in [-0.2, -0.15) is 0 Å². The lowest BCUT2D eigenvalue weighted by molar-refractivity contribution is 0.342. The molecule has 3 heteroatoms. The van der Waals surface area contributed by atoms with Crippen molar-refractivity contribution in [3.63, 3.8) is 0 Å². The molecule has 0 saturated heterocycles.